The SMILES string of the molecule is COc1ccc(C)c2c1S(=O)(=O)N=CN2. The zero-order chi connectivity index (χ0) is 11.1. The normalized spacial score (nSPS) is 16.7. The van der Waals surface area contributed by atoms with Gasteiger partial charge in [-0.15, -0.1) is 4.40 Å². The van der Waals surface area contributed by atoms with Crippen molar-refractivity contribution in [1.29, 1.82) is 0 Å². The van der Waals surface area contributed by atoms with E-state index in [2.05, 4.69) is 9.71 Å². The van der Waals surface area contributed by atoms with Crippen LogP contribution in [0.2, 0.25) is 0 Å². The van der Waals surface area contributed by atoms with Gasteiger partial charge in [0.25, 0.3) is 10.0 Å². The van der Waals surface area contributed by atoms with Crippen molar-refractivity contribution in [3.05, 3.63) is 17.7 Å². The minimum absolute atomic E-state index is 0.104. The maximum Gasteiger partial charge on any atom is 0.289 e. The van der Waals surface area contributed by atoms with Gasteiger partial charge in [-0.3, -0.25) is 0 Å². The van der Waals surface area contributed by atoms with Crippen molar-refractivity contribution in [3.8, 4) is 5.75 Å². The Hall–Kier alpha value is -1.56. The molecule has 1 aromatic rings. The molecule has 1 N–H and O–H groups in total. The van der Waals surface area contributed by atoms with E-state index in [-0.39, 0.29) is 4.90 Å². The minimum atomic E-state index is -3.63. The molecule has 0 saturated carbocycles. The molecule has 0 saturated heterocycles. The molecule has 0 fully saturated rings. The Morgan fingerprint density at radius 3 is 2.80 bits per heavy atom. The fourth-order valence-corrected chi connectivity index (χ4v) is 2.65. The Balaban J connectivity index is 2.82. The van der Waals surface area contributed by atoms with Gasteiger partial charge in [0.05, 0.1) is 12.8 Å². The molecule has 1 aromatic carbocycles. The molecule has 80 valence electrons. The lowest BCUT2D eigenvalue weighted by Gasteiger charge is -2.17. The Labute approximate surface area is 87.8 Å². The van der Waals surface area contributed by atoms with E-state index in [1.165, 1.54) is 13.4 Å². The third-order valence-corrected chi connectivity index (χ3v) is 3.51. The first-order valence-electron chi connectivity index (χ1n) is 4.29. The quantitative estimate of drug-likeness (QED) is 0.779. The van der Waals surface area contributed by atoms with Gasteiger partial charge in [0, 0.05) is 0 Å². The second-order valence-electron chi connectivity index (χ2n) is 3.14. The molecule has 0 atom stereocenters. The fraction of sp³-hybridized carbons (Fsp3) is 0.222. The summed E-state index contributed by atoms with van der Waals surface area (Å²) >= 11 is 0. The van der Waals surface area contributed by atoms with Crippen LogP contribution in [0.25, 0.3) is 0 Å². The molecular weight excluding hydrogens is 216 g/mol. The van der Waals surface area contributed by atoms with Crippen molar-refractivity contribution in [2.75, 3.05) is 12.4 Å². The van der Waals surface area contributed by atoms with Gasteiger partial charge < -0.3 is 10.1 Å². The standard InChI is InChI=1S/C9H10N2O3S/c1-6-3-4-7(14-2)9-8(6)10-5-11-15(9,12)13/h3-5H,1-2H3,(H,10,11). The van der Waals surface area contributed by atoms with Crippen molar-refractivity contribution in [2.24, 2.45) is 4.40 Å². The smallest absolute Gasteiger partial charge is 0.289 e. The first-order chi connectivity index (χ1) is 7.06. The molecule has 1 aliphatic heterocycles. The zero-order valence-corrected chi connectivity index (χ0v) is 9.13. The number of nitrogens with one attached hydrogen (secondary N) is 1. The van der Waals surface area contributed by atoms with Crippen LogP contribution in [0.5, 0.6) is 5.75 Å². The lowest BCUT2D eigenvalue weighted by Crippen LogP contribution is -2.13. The maximum atomic E-state index is 11.7. The van der Waals surface area contributed by atoms with E-state index >= 15 is 0 Å². The van der Waals surface area contributed by atoms with E-state index in [1.54, 1.807) is 12.1 Å². The Kier molecular flexibility index (Phi) is 2.15. The number of sulfonamides is 1. The van der Waals surface area contributed by atoms with Crippen LogP contribution in [-0.4, -0.2) is 21.9 Å². The zero-order valence-electron chi connectivity index (χ0n) is 8.31. The van der Waals surface area contributed by atoms with Crippen LogP contribution in [-0.2, 0) is 10.0 Å². The summed E-state index contributed by atoms with van der Waals surface area (Å²) in [6.07, 6.45) is 1.17. The number of methoxy groups -OCH3 is 1. The highest BCUT2D eigenvalue weighted by Gasteiger charge is 2.26. The molecule has 0 radical (unpaired) electrons. The van der Waals surface area contributed by atoms with Gasteiger partial charge in [-0.05, 0) is 18.6 Å². The molecule has 6 heteroatoms. The van der Waals surface area contributed by atoms with Gasteiger partial charge in [-0.25, -0.2) is 0 Å². The molecule has 1 aliphatic rings. The summed E-state index contributed by atoms with van der Waals surface area (Å²) in [5, 5.41) is 2.81. The van der Waals surface area contributed by atoms with Crippen LogP contribution in [0.3, 0.4) is 0 Å². The summed E-state index contributed by atoms with van der Waals surface area (Å²) in [6, 6.07) is 3.41. The molecule has 0 unspecified atom stereocenters. The van der Waals surface area contributed by atoms with Gasteiger partial charge in [-0.2, -0.15) is 8.42 Å². The number of aryl methyl sites for hydroxylation is 1. The Bertz CT molecular complexity index is 535. The number of fused-ring (bicyclic) bond motifs is 1. The molecule has 1 heterocycles. The van der Waals surface area contributed by atoms with Crippen molar-refractivity contribution < 1.29 is 13.2 Å². The number of nitrogens with zero attached hydrogens (tertiary/aromatic N) is 1. The van der Waals surface area contributed by atoms with E-state index in [0.717, 1.165) is 5.56 Å². The third kappa shape index (κ3) is 1.46. The van der Waals surface area contributed by atoms with Gasteiger partial charge in [0.15, 0.2) is 4.90 Å². The molecule has 0 bridgehead atoms. The second kappa shape index (κ2) is 3.23. The highest BCUT2D eigenvalue weighted by molar-refractivity contribution is 7.90. The molecular formula is C9H10N2O3S. The van der Waals surface area contributed by atoms with Crippen LogP contribution in [0.1, 0.15) is 5.56 Å². The van der Waals surface area contributed by atoms with Gasteiger partial charge in [-0.1, -0.05) is 6.07 Å². The maximum absolute atomic E-state index is 11.7. The average molecular weight is 226 g/mol. The summed E-state index contributed by atoms with van der Waals surface area (Å²) in [6.45, 7) is 1.82. The van der Waals surface area contributed by atoms with Crippen molar-refractivity contribution >= 4 is 22.0 Å². The number of ether oxygens (including phenoxy) is 1. The average Bonchev–Trinajstić information content (AvgIpc) is 2.19. The molecule has 0 amide bonds. The van der Waals surface area contributed by atoms with Crippen molar-refractivity contribution in [1.82, 2.24) is 0 Å². The third-order valence-electron chi connectivity index (χ3n) is 2.21. The fourth-order valence-electron chi connectivity index (χ4n) is 1.47. The van der Waals surface area contributed by atoms with Crippen LogP contribution in [0, 0.1) is 6.92 Å². The lowest BCUT2D eigenvalue weighted by atomic mass is 10.2. The van der Waals surface area contributed by atoms with Crippen molar-refractivity contribution in [3.63, 3.8) is 0 Å². The Morgan fingerprint density at radius 1 is 1.40 bits per heavy atom. The molecule has 2 rings (SSSR count). The number of hydrogen-bond acceptors (Lipinski definition) is 4. The van der Waals surface area contributed by atoms with E-state index in [1.807, 2.05) is 6.92 Å². The van der Waals surface area contributed by atoms with Crippen LogP contribution >= 0.6 is 0 Å². The van der Waals surface area contributed by atoms with E-state index in [4.69, 9.17) is 4.74 Å². The summed E-state index contributed by atoms with van der Waals surface area (Å²) in [5.74, 6) is 0.306. The lowest BCUT2D eigenvalue weighted by molar-refractivity contribution is 0.403. The summed E-state index contributed by atoms with van der Waals surface area (Å²) in [7, 11) is -2.20. The Morgan fingerprint density at radius 2 is 2.13 bits per heavy atom. The summed E-state index contributed by atoms with van der Waals surface area (Å²) in [5.41, 5.74) is 1.37. The van der Waals surface area contributed by atoms with Crippen LogP contribution in [0.15, 0.2) is 21.4 Å². The topological polar surface area (TPSA) is 67.8 Å². The monoisotopic (exact) mass is 226 g/mol. The van der Waals surface area contributed by atoms with Crippen LogP contribution < -0.4 is 10.1 Å². The van der Waals surface area contributed by atoms with Gasteiger partial charge in [0.1, 0.15) is 12.1 Å². The van der Waals surface area contributed by atoms with E-state index < -0.39 is 10.0 Å². The van der Waals surface area contributed by atoms with E-state index in [0.29, 0.717) is 11.4 Å². The minimum Gasteiger partial charge on any atom is -0.495 e. The van der Waals surface area contributed by atoms with Gasteiger partial charge >= 0.3 is 0 Å². The summed E-state index contributed by atoms with van der Waals surface area (Å²) in [4.78, 5) is 0.104. The predicted molar refractivity (Wildman–Crippen MR) is 57.0 cm³/mol. The molecule has 0 spiro atoms. The molecule has 15 heavy (non-hydrogen) atoms. The van der Waals surface area contributed by atoms with E-state index in [9.17, 15) is 8.42 Å². The van der Waals surface area contributed by atoms with Crippen molar-refractivity contribution in [2.45, 2.75) is 11.8 Å². The predicted octanol–water partition coefficient (Wildman–Crippen LogP) is 1.15. The summed E-state index contributed by atoms with van der Waals surface area (Å²) < 4.78 is 31.8. The van der Waals surface area contributed by atoms with Crippen LogP contribution in [0.4, 0.5) is 5.69 Å². The van der Waals surface area contributed by atoms with Gasteiger partial charge in [0.2, 0.25) is 0 Å². The molecule has 0 aliphatic carbocycles. The number of rotatable bonds is 1. The first kappa shape index (κ1) is 9.97. The molecule has 5 nitrogen and oxygen atoms in total. The number of hydrogen-bond donors (Lipinski definition) is 1. The second-order valence-corrected chi connectivity index (χ2v) is 4.71. The number of benzene rings is 1. The highest BCUT2D eigenvalue weighted by atomic mass is 32.2. The molecule has 0 aromatic heterocycles. The first-order valence-corrected chi connectivity index (χ1v) is 5.73. The number of anilines is 1. The highest BCUT2D eigenvalue weighted by Crippen LogP contribution is 2.36. The largest absolute Gasteiger partial charge is 0.495 e.